The summed E-state index contributed by atoms with van der Waals surface area (Å²) in [5.74, 6) is -1.28. The number of carbonyl (C=O) groups is 3. The molecule has 2 aromatic rings. The topological polar surface area (TPSA) is 111 Å². The lowest BCUT2D eigenvalue weighted by Crippen LogP contribution is -2.35. The maximum absolute atomic E-state index is 12.7. The van der Waals surface area contributed by atoms with Crippen molar-refractivity contribution in [1.82, 2.24) is 5.43 Å². The number of hydrogen-bond donors (Lipinski definition) is 2. The Bertz CT molecular complexity index is 991. The number of carbonyl (C=O) groups excluding carboxylic acids is 3. The van der Waals surface area contributed by atoms with E-state index in [-0.39, 0.29) is 28.7 Å². The second-order valence-electron chi connectivity index (χ2n) is 5.99. The smallest absolute Gasteiger partial charge is 0.282 e. The molecule has 2 aromatic carbocycles. The van der Waals surface area contributed by atoms with Gasteiger partial charge in [0.25, 0.3) is 17.7 Å². The Hall–Kier alpha value is -3.52. The number of anilines is 1. The van der Waals surface area contributed by atoms with Gasteiger partial charge in [-0.3, -0.25) is 19.8 Å². The van der Waals surface area contributed by atoms with Gasteiger partial charge < -0.3 is 15.2 Å². The number of benzene rings is 2. The molecule has 1 saturated heterocycles. The summed E-state index contributed by atoms with van der Waals surface area (Å²) in [5, 5.41) is 1.32. The standard InChI is InChI=1S/C20H18ClN3O5/c1-2-28-16-10-12(9-15(21)18(16)29-11-17(22)25)8-14-19(26)23-24(20(14)27)13-6-4-3-5-7-13/h3-10H,2,11H2,1H3,(H2,22,25)(H,23,26). The van der Waals surface area contributed by atoms with Crippen LogP contribution in [0.3, 0.4) is 0 Å². The molecule has 0 bridgehead atoms. The van der Waals surface area contributed by atoms with Crippen LogP contribution in [0.5, 0.6) is 11.5 Å². The molecular weight excluding hydrogens is 398 g/mol. The van der Waals surface area contributed by atoms with Crippen LogP contribution >= 0.6 is 11.6 Å². The van der Waals surface area contributed by atoms with Crippen molar-refractivity contribution < 1.29 is 23.9 Å². The van der Waals surface area contributed by atoms with E-state index in [9.17, 15) is 14.4 Å². The summed E-state index contributed by atoms with van der Waals surface area (Å²) in [6, 6.07) is 11.8. The Morgan fingerprint density at radius 1 is 1.21 bits per heavy atom. The first-order valence-corrected chi connectivity index (χ1v) is 9.08. The molecule has 3 N–H and O–H groups in total. The molecule has 0 radical (unpaired) electrons. The Labute approximate surface area is 171 Å². The Kier molecular flexibility index (Phi) is 6.04. The van der Waals surface area contributed by atoms with Crippen molar-refractivity contribution in [2.24, 2.45) is 5.73 Å². The molecule has 29 heavy (non-hydrogen) atoms. The zero-order valence-corrected chi connectivity index (χ0v) is 16.2. The van der Waals surface area contributed by atoms with Gasteiger partial charge in [-0.2, -0.15) is 0 Å². The summed E-state index contributed by atoms with van der Waals surface area (Å²) in [6.07, 6.45) is 1.41. The van der Waals surface area contributed by atoms with Crippen LogP contribution in [0.1, 0.15) is 12.5 Å². The predicted molar refractivity (Wildman–Crippen MR) is 107 cm³/mol. The van der Waals surface area contributed by atoms with Crippen LogP contribution in [-0.4, -0.2) is 30.9 Å². The van der Waals surface area contributed by atoms with E-state index >= 15 is 0 Å². The SMILES string of the molecule is CCOc1cc(C=C2C(=O)NN(c3ccccc3)C2=O)cc(Cl)c1OCC(N)=O. The van der Waals surface area contributed by atoms with Crippen LogP contribution in [0.2, 0.25) is 5.02 Å². The van der Waals surface area contributed by atoms with E-state index in [2.05, 4.69) is 5.43 Å². The van der Waals surface area contributed by atoms with Crippen molar-refractivity contribution in [3.05, 3.63) is 58.6 Å². The van der Waals surface area contributed by atoms with Gasteiger partial charge in [0, 0.05) is 0 Å². The van der Waals surface area contributed by atoms with E-state index in [1.165, 1.54) is 17.2 Å². The summed E-state index contributed by atoms with van der Waals surface area (Å²) < 4.78 is 10.8. The van der Waals surface area contributed by atoms with Crippen LogP contribution in [0.4, 0.5) is 5.69 Å². The van der Waals surface area contributed by atoms with E-state index in [0.717, 1.165) is 0 Å². The second kappa shape index (κ2) is 8.66. The van der Waals surface area contributed by atoms with E-state index in [1.54, 1.807) is 37.3 Å². The number of hydrogen-bond acceptors (Lipinski definition) is 5. The predicted octanol–water partition coefficient (Wildman–Crippen LogP) is 2.06. The van der Waals surface area contributed by atoms with Crippen molar-refractivity contribution in [3.63, 3.8) is 0 Å². The van der Waals surface area contributed by atoms with Gasteiger partial charge in [0.2, 0.25) is 0 Å². The maximum Gasteiger partial charge on any atom is 0.282 e. The molecule has 0 atom stereocenters. The maximum atomic E-state index is 12.7. The highest BCUT2D eigenvalue weighted by Gasteiger charge is 2.34. The molecule has 0 unspecified atom stereocenters. The average molecular weight is 416 g/mol. The fourth-order valence-electron chi connectivity index (χ4n) is 2.70. The molecule has 3 amide bonds. The normalized spacial score (nSPS) is 14.8. The minimum absolute atomic E-state index is 0.0572. The van der Waals surface area contributed by atoms with Gasteiger partial charge in [-0.25, -0.2) is 5.01 Å². The van der Waals surface area contributed by atoms with E-state index in [1.807, 2.05) is 6.07 Å². The fourth-order valence-corrected chi connectivity index (χ4v) is 2.97. The molecule has 0 saturated carbocycles. The van der Waals surface area contributed by atoms with Crippen molar-refractivity contribution in [1.29, 1.82) is 0 Å². The molecule has 1 fully saturated rings. The number of halogens is 1. The van der Waals surface area contributed by atoms with E-state index < -0.39 is 17.7 Å². The van der Waals surface area contributed by atoms with Gasteiger partial charge in [-0.1, -0.05) is 29.8 Å². The largest absolute Gasteiger partial charge is 0.490 e. The molecule has 1 aliphatic rings. The third-order valence-corrected chi connectivity index (χ3v) is 4.19. The molecular formula is C20H18ClN3O5. The number of hydrazine groups is 1. The second-order valence-corrected chi connectivity index (χ2v) is 6.40. The first-order valence-electron chi connectivity index (χ1n) is 8.70. The molecule has 3 rings (SSSR count). The Balaban J connectivity index is 1.94. The number of para-hydroxylation sites is 1. The number of nitrogens with two attached hydrogens (primary N) is 1. The molecule has 9 heteroatoms. The summed E-state index contributed by atoms with van der Waals surface area (Å²) >= 11 is 6.25. The van der Waals surface area contributed by atoms with Crippen LogP contribution in [0.25, 0.3) is 6.08 Å². The van der Waals surface area contributed by atoms with Crippen molar-refractivity contribution in [3.8, 4) is 11.5 Å². The minimum Gasteiger partial charge on any atom is -0.490 e. The summed E-state index contributed by atoms with van der Waals surface area (Å²) in [6.45, 7) is 1.71. The van der Waals surface area contributed by atoms with Gasteiger partial charge in [-0.05, 0) is 42.8 Å². The third kappa shape index (κ3) is 4.49. The monoisotopic (exact) mass is 415 g/mol. The van der Waals surface area contributed by atoms with E-state index in [0.29, 0.717) is 17.9 Å². The van der Waals surface area contributed by atoms with Crippen LogP contribution in [0.15, 0.2) is 48.0 Å². The van der Waals surface area contributed by atoms with Crippen molar-refractivity contribution in [2.75, 3.05) is 18.2 Å². The quantitative estimate of drug-likeness (QED) is 0.531. The number of nitrogens with one attached hydrogen (secondary N) is 1. The molecule has 0 spiro atoms. The average Bonchev–Trinajstić information content (AvgIpc) is 2.96. The highest BCUT2D eigenvalue weighted by atomic mass is 35.5. The number of rotatable bonds is 7. The highest BCUT2D eigenvalue weighted by molar-refractivity contribution is 6.33. The number of nitrogens with zero attached hydrogens (tertiary/aromatic N) is 1. The van der Waals surface area contributed by atoms with Gasteiger partial charge in [0.05, 0.1) is 17.3 Å². The fraction of sp³-hybridized carbons (Fsp3) is 0.150. The van der Waals surface area contributed by atoms with Crippen molar-refractivity contribution in [2.45, 2.75) is 6.92 Å². The highest BCUT2D eigenvalue weighted by Crippen LogP contribution is 2.37. The lowest BCUT2D eigenvalue weighted by molar-refractivity contribution is -0.120. The third-order valence-electron chi connectivity index (χ3n) is 3.91. The van der Waals surface area contributed by atoms with Crippen LogP contribution in [0, 0.1) is 0 Å². The number of amides is 3. The number of ether oxygens (including phenoxy) is 2. The molecule has 0 aromatic heterocycles. The van der Waals surface area contributed by atoms with Gasteiger partial charge in [-0.15, -0.1) is 0 Å². The summed E-state index contributed by atoms with van der Waals surface area (Å²) in [7, 11) is 0. The van der Waals surface area contributed by atoms with Crippen molar-refractivity contribution >= 4 is 41.1 Å². The van der Waals surface area contributed by atoms with E-state index in [4.69, 9.17) is 26.8 Å². The zero-order valence-electron chi connectivity index (χ0n) is 15.5. The molecule has 150 valence electrons. The molecule has 8 nitrogen and oxygen atoms in total. The Morgan fingerprint density at radius 2 is 1.93 bits per heavy atom. The number of primary amides is 1. The van der Waals surface area contributed by atoms with Gasteiger partial charge >= 0.3 is 0 Å². The first kappa shape index (κ1) is 20.2. The molecule has 1 heterocycles. The first-order chi connectivity index (χ1) is 13.9. The Morgan fingerprint density at radius 3 is 2.59 bits per heavy atom. The zero-order chi connectivity index (χ0) is 21.0. The van der Waals surface area contributed by atoms with Gasteiger partial charge in [0.1, 0.15) is 5.57 Å². The van der Waals surface area contributed by atoms with Gasteiger partial charge in [0.15, 0.2) is 18.1 Å². The lowest BCUT2D eigenvalue weighted by atomic mass is 10.1. The minimum atomic E-state index is -0.663. The summed E-state index contributed by atoms with van der Waals surface area (Å²) in [4.78, 5) is 36.0. The molecule has 0 aliphatic carbocycles. The lowest BCUT2D eigenvalue weighted by Gasteiger charge is -2.14. The van der Waals surface area contributed by atoms with Crippen LogP contribution in [-0.2, 0) is 14.4 Å². The van der Waals surface area contributed by atoms with Crippen LogP contribution < -0.4 is 25.6 Å². The summed E-state index contributed by atoms with van der Waals surface area (Å²) in [5.41, 5.74) is 8.56. The molecule has 1 aliphatic heterocycles.